The molecule has 2 saturated heterocycles. The first-order valence-corrected chi connectivity index (χ1v) is 9.12. The molecular formula is C13H23N3O4S2. The molecule has 22 heavy (non-hydrogen) atoms. The first-order chi connectivity index (χ1) is 10.1. The summed E-state index contributed by atoms with van der Waals surface area (Å²) in [5.74, 6) is 0. The average Bonchev–Trinajstić information content (AvgIpc) is 2.83. The van der Waals surface area contributed by atoms with Crippen molar-refractivity contribution >= 4 is 28.9 Å². The van der Waals surface area contributed by atoms with E-state index in [0.29, 0.717) is 19.5 Å². The molecule has 0 bridgehead atoms. The zero-order valence-electron chi connectivity index (χ0n) is 12.9. The van der Waals surface area contributed by atoms with Crippen molar-refractivity contribution in [1.82, 2.24) is 13.9 Å². The predicted molar refractivity (Wildman–Crippen MR) is 87.1 cm³/mol. The highest BCUT2D eigenvalue weighted by Gasteiger charge is 2.44. The first-order valence-electron chi connectivity index (χ1n) is 7.16. The third-order valence-corrected chi connectivity index (χ3v) is 5.83. The summed E-state index contributed by atoms with van der Waals surface area (Å²) in [4.78, 5) is 13.6. The number of nitrogens with zero attached hydrogens (tertiary/aromatic N) is 2. The fourth-order valence-electron chi connectivity index (χ4n) is 2.87. The van der Waals surface area contributed by atoms with Crippen molar-refractivity contribution in [1.29, 1.82) is 0 Å². The summed E-state index contributed by atoms with van der Waals surface area (Å²) in [7, 11) is -3.50. The Balaban J connectivity index is 2.07. The van der Waals surface area contributed by atoms with Crippen LogP contribution in [-0.4, -0.2) is 66.8 Å². The Kier molecular flexibility index (Phi) is 5.10. The molecular weight excluding hydrogens is 326 g/mol. The maximum absolute atomic E-state index is 12.1. The van der Waals surface area contributed by atoms with E-state index >= 15 is 0 Å². The molecule has 1 amide bonds. The van der Waals surface area contributed by atoms with Crippen molar-refractivity contribution < 1.29 is 17.9 Å². The van der Waals surface area contributed by atoms with Gasteiger partial charge in [0.05, 0.1) is 6.04 Å². The number of rotatable bonds is 4. The van der Waals surface area contributed by atoms with Crippen molar-refractivity contribution in [2.75, 3.05) is 26.2 Å². The number of ether oxygens (including phenoxy) is 1. The fourth-order valence-corrected chi connectivity index (χ4v) is 5.04. The van der Waals surface area contributed by atoms with Crippen LogP contribution >= 0.6 is 12.6 Å². The molecule has 2 fully saturated rings. The molecule has 2 rings (SSSR count). The van der Waals surface area contributed by atoms with Crippen LogP contribution in [0.5, 0.6) is 0 Å². The molecule has 7 nitrogen and oxygen atoms in total. The lowest BCUT2D eigenvalue weighted by Crippen LogP contribution is -2.44. The molecule has 1 N–H and O–H groups in total. The number of hydrogen-bond acceptors (Lipinski definition) is 5. The maximum atomic E-state index is 12.1. The third kappa shape index (κ3) is 3.95. The van der Waals surface area contributed by atoms with Gasteiger partial charge in [-0.2, -0.15) is 30.1 Å². The van der Waals surface area contributed by atoms with Crippen LogP contribution in [0, 0.1) is 0 Å². The van der Waals surface area contributed by atoms with Gasteiger partial charge in [0.15, 0.2) is 0 Å². The second-order valence-electron chi connectivity index (χ2n) is 6.34. The molecule has 0 saturated carbocycles. The SMILES string of the molecule is C=CCOC(=O)N1C[C@@H](S)C[C@H]1CN1CC(C)(C)NS1(=O)=O. The number of likely N-dealkylation sites (tertiary alicyclic amines) is 1. The Morgan fingerprint density at radius 2 is 2.23 bits per heavy atom. The lowest BCUT2D eigenvalue weighted by Gasteiger charge is -2.27. The van der Waals surface area contributed by atoms with Crippen LogP contribution in [0.4, 0.5) is 4.79 Å². The van der Waals surface area contributed by atoms with Crippen molar-refractivity contribution in [3.05, 3.63) is 12.7 Å². The van der Waals surface area contributed by atoms with Crippen molar-refractivity contribution in [3.8, 4) is 0 Å². The van der Waals surface area contributed by atoms with Gasteiger partial charge >= 0.3 is 6.09 Å². The molecule has 0 radical (unpaired) electrons. The molecule has 2 aliphatic rings. The molecule has 0 aromatic carbocycles. The normalized spacial score (nSPS) is 30.4. The first kappa shape index (κ1) is 17.6. The van der Waals surface area contributed by atoms with E-state index in [1.54, 1.807) is 4.90 Å². The Morgan fingerprint density at radius 3 is 2.77 bits per heavy atom. The van der Waals surface area contributed by atoms with Crippen LogP contribution < -0.4 is 4.72 Å². The smallest absolute Gasteiger partial charge is 0.410 e. The predicted octanol–water partition coefficient (Wildman–Crippen LogP) is 0.610. The van der Waals surface area contributed by atoms with Crippen LogP contribution in [0.3, 0.4) is 0 Å². The second-order valence-corrected chi connectivity index (χ2v) is 8.75. The molecule has 126 valence electrons. The number of nitrogens with one attached hydrogen (secondary N) is 1. The highest BCUT2D eigenvalue weighted by molar-refractivity contribution is 7.87. The van der Waals surface area contributed by atoms with Gasteiger partial charge in [-0.05, 0) is 20.3 Å². The fraction of sp³-hybridized carbons (Fsp3) is 0.769. The van der Waals surface area contributed by atoms with E-state index in [-0.39, 0.29) is 24.4 Å². The summed E-state index contributed by atoms with van der Waals surface area (Å²) < 4.78 is 33.3. The lowest BCUT2D eigenvalue weighted by molar-refractivity contribution is 0.104. The van der Waals surface area contributed by atoms with Gasteiger partial charge in [-0.15, -0.1) is 0 Å². The summed E-state index contributed by atoms with van der Waals surface area (Å²) in [6, 6.07) is -0.231. The zero-order chi connectivity index (χ0) is 16.5. The standard InChI is InChI=1S/C13H23N3O4S2/c1-4-5-20-12(17)16-8-11(21)6-10(16)7-15-9-13(2,3)14-22(15,18)19/h4,10-11,14,21H,1,5-9H2,2-3H3/t10-,11-/m0/s1. The molecule has 0 unspecified atom stereocenters. The van der Waals surface area contributed by atoms with Gasteiger partial charge in [-0.3, -0.25) is 0 Å². The minimum atomic E-state index is -3.50. The zero-order valence-corrected chi connectivity index (χ0v) is 14.6. The van der Waals surface area contributed by atoms with Crippen molar-refractivity contribution in [2.45, 2.75) is 37.1 Å². The largest absolute Gasteiger partial charge is 0.445 e. The highest BCUT2D eigenvalue weighted by atomic mass is 32.2. The number of amides is 1. The molecule has 0 aliphatic carbocycles. The van der Waals surface area contributed by atoms with E-state index in [1.165, 1.54) is 10.4 Å². The Hall–Kier alpha value is -0.770. The molecule has 0 spiro atoms. The number of carbonyl (C=O) groups excluding carboxylic acids is 1. The van der Waals surface area contributed by atoms with E-state index in [9.17, 15) is 13.2 Å². The molecule has 2 heterocycles. The van der Waals surface area contributed by atoms with Crippen LogP contribution in [0.1, 0.15) is 20.3 Å². The molecule has 2 atom stereocenters. The van der Waals surface area contributed by atoms with Gasteiger partial charge in [0.25, 0.3) is 10.2 Å². The molecule has 9 heteroatoms. The van der Waals surface area contributed by atoms with E-state index < -0.39 is 21.8 Å². The van der Waals surface area contributed by atoms with Gasteiger partial charge in [0, 0.05) is 30.4 Å². The van der Waals surface area contributed by atoms with Crippen LogP contribution in [0.2, 0.25) is 0 Å². The summed E-state index contributed by atoms with van der Waals surface area (Å²) in [6.07, 6.45) is 1.68. The summed E-state index contributed by atoms with van der Waals surface area (Å²) in [5, 5.41) is 0.0209. The molecule has 0 aromatic rings. The molecule has 0 aromatic heterocycles. The highest BCUT2D eigenvalue weighted by Crippen LogP contribution is 2.27. The topological polar surface area (TPSA) is 79.0 Å². The minimum Gasteiger partial charge on any atom is -0.445 e. The van der Waals surface area contributed by atoms with E-state index in [1.807, 2.05) is 13.8 Å². The number of thiol groups is 1. The van der Waals surface area contributed by atoms with Gasteiger partial charge in [0.2, 0.25) is 0 Å². The van der Waals surface area contributed by atoms with E-state index in [0.717, 1.165) is 0 Å². The van der Waals surface area contributed by atoms with Gasteiger partial charge in [-0.25, -0.2) is 4.79 Å². The van der Waals surface area contributed by atoms with Crippen LogP contribution in [0.15, 0.2) is 12.7 Å². The van der Waals surface area contributed by atoms with Gasteiger partial charge in [-0.1, -0.05) is 12.7 Å². The maximum Gasteiger partial charge on any atom is 0.410 e. The Bertz CT molecular complexity index is 549. The Morgan fingerprint density at radius 1 is 1.55 bits per heavy atom. The summed E-state index contributed by atoms with van der Waals surface area (Å²) >= 11 is 4.42. The average molecular weight is 349 g/mol. The van der Waals surface area contributed by atoms with Crippen molar-refractivity contribution in [3.63, 3.8) is 0 Å². The lowest BCUT2D eigenvalue weighted by atomic mass is 10.1. The van der Waals surface area contributed by atoms with Crippen LogP contribution in [0.25, 0.3) is 0 Å². The van der Waals surface area contributed by atoms with Crippen LogP contribution in [-0.2, 0) is 14.9 Å². The summed E-state index contributed by atoms with van der Waals surface area (Å²) in [6.45, 7) is 8.38. The van der Waals surface area contributed by atoms with Crippen molar-refractivity contribution in [2.24, 2.45) is 0 Å². The van der Waals surface area contributed by atoms with Gasteiger partial charge < -0.3 is 9.64 Å². The van der Waals surface area contributed by atoms with E-state index in [2.05, 4.69) is 23.9 Å². The quantitative estimate of drug-likeness (QED) is 0.576. The second kappa shape index (κ2) is 6.38. The third-order valence-electron chi connectivity index (χ3n) is 3.68. The van der Waals surface area contributed by atoms with Gasteiger partial charge in [0.1, 0.15) is 6.61 Å². The number of carbonyl (C=O) groups is 1. The number of hydrogen-bond donors (Lipinski definition) is 2. The summed E-state index contributed by atoms with van der Waals surface area (Å²) in [5.41, 5.74) is -0.508. The minimum absolute atomic E-state index is 0.0209. The molecule has 2 aliphatic heterocycles. The Labute approximate surface area is 137 Å². The monoisotopic (exact) mass is 349 g/mol. The van der Waals surface area contributed by atoms with E-state index in [4.69, 9.17) is 4.74 Å².